The van der Waals surface area contributed by atoms with Crippen molar-refractivity contribution in [1.29, 1.82) is 0 Å². The number of hydrogen-bond acceptors (Lipinski definition) is 3. The van der Waals surface area contributed by atoms with Crippen molar-refractivity contribution in [3.63, 3.8) is 0 Å². The highest BCUT2D eigenvalue weighted by Gasteiger charge is 2.53. The van der Waals surface area contributed by atoms with E-state index in [4.69, 9.17) is 11.6 Å². The Morgan fingerprint density at radius 2 is 1.94 bits per heavy atom. The van der Waals surface area contributed by atoms with Gasteiger partial charge in [0.15, 0.2) is 0 Å². The highest BCUT2D eigenvalue weighted by Crippen LogP contribution is 2.33. The van der Waals surface area contributed by atoms with E-state index < -0.39 is 28.0 Å². The van der Waals surface area contributed by atoms with Crippen LogP contribution in [0, 0.1) is 0 Å². The van der Waals surface area contributed by atoms with Crippen LogP contribution in [0.2, 0.25) is 0 Å². The van der Waals surface area contributed by atoms with Gasteiger partial charge in [0.25, 0.3) is 5.91 Å². The summed E-state index contributed by atoms with van der Waals surface area (Å²) in [6.07, 6.45) is 0.144. The molecule has 0 radical (unpaired) electrons. The lowest BCUT2D eigenvalue weighted by molar-refractivity contribution is -0.122. The summed E-state index contributed by atoms with van der Waals surface area (Å²) in [5.41, 5.74) is -5.23. The van der Waals surface area contributed by atoms with Crippen molar-refractivity contribution in [2.75, 3.05) is 12.4 Å². The topological polar surface area (TPSA) is 54.5 Å². The lowest BCUT2D eigenvalue weighted by Crippen LogP contribution is -2.42. The van der Waals surface area contributed by atoms with E-state index in [1.807, 2.05) is 0 Å². The number of halogens is 4. The Hall–Kier alpha value is -0.760. The van der Waals surface area contributed by atoms with E-state index in [1.165, 1.54) is 0 Å². The molecule has 9 heteroatoms. The first-order valence-electron chi connectivity index (χ1n) is 4.57. The fourth-order valence-electron chi connectivity index (χ4n) is 1.49. The molecule has 0 atom stereocenters. The molecule has 0 aromatic carbocycles. The quantitative estimate of drug-likeness (QED) is 0.743. The van der Waals surface area contributed by atoms with Gasteiger partial charge in [-0.1, -0.05) is 6.92 Å². The van der Waals surface area contributed by atoms with Gasteiger partial charge in [-0.25, -0.2) is 4.31 Å². The van der Waals surface area contributed by atoms with Gasteiger partial charge in [-0.2, -0.15) is 21.6 Å². The minimum Gasteiger partial charge on any atom is -0.268 e. The molecule has 1 aliphatic rings. The third kappa shape index (κ3) is 2.28. The Labute approximate surface area is 101 Å². The molecule has 0 fully saturated rings. The zero-order valence-corrected chi connectivity index (χ0v) is 10.3. The third-order valence-corrected chi connectivity index (χ3v) is 4.13. The molecule has 4 nitrogen and oxygen atoms in total. The van der Waals surface area contributed by atoms with Crippen LogP contribution in [0.4, 0.5) is 13.2 Å². The monoisotopic (exact) mass is 291 g/mol. The Kier molecular flexibility index (Phi) is 3.78. The van der Waals surface area contributed by atoms with E-state index >= 15 is 0 Å². The maximum Gasteiger partial charge on any atom is 0.516 e. The summed E-state index contributed by atoms with van der Waals surface area (Å²) < 4.78 is 58.9. The first kappa shape index (κ1) is 14.3. The van der Waals surface area contributed by atoms with Crippen molar-refractivity contribution < 1.29 is 26.4 Å². The highest BCUT2D eigenvalue weighted by molar-refractivity contribution is 7.90. The predicted molar refractivity (Wildman–Crippen MR) is 54.7 cm³/mol. The minimum absolute atomic E-state index is 0.0350. The van der Waals surface area contributed by atoms with Crippen molar-refractivity contribution in [3.05, 3.63) is 11.1 Å². The maximum absolute atomic E-state index is 12.3. The molecule has 1 amide bonds. The fourth-order valence-corrected chi connectivity index (χ4v) is 2.64. The van der Waals surface area contributed by atoms with E-state index in [0.29, 0.717) is 0 Å². The van der Waals surface area contributed by atoms with Crippen LogP contribution in [-0.4, -0.2) is 36.6 Å². The Bertz CT molecular complexity index is 469. The largest absolute Gasteiger partial charge is 0.516 e. The second-order valence-corrected chi connectivity index (χ2v) is 5.45. The highest BCUT2D eigenvalue weighted by atomic mass is 35.5. The molecule has 1 heterocycles. The average Bonchev–Trinajstić information content (AvgIpc) is 2.53. The van der Waals surface area contributed by atoms with E-state index in [0.717, 1.165) is 0 Å². The van der Waals surface area contributed by atoms with Gasteiger partial charge >= 0.3 is 15.5 Å². The lowest BCUT2D eigenvalue weighted by atomic mass is 10.1. The summed E-state index contributed by atoms with van der Waals surface area (Å²) in [6.45, 7) is 0.927. The van der Waals surface area contributed by atoms with Gasteiger partial charge < -0.3 is 0 Å². The molecular weight excluding hydrogens is 283 g/mol. The molecule has 0 aliphatic carbocycles. The van der Waals surface area contributed by atoms with Crippen LogP contribution in [-0.2, 0) is 14.8 Å². The normalized spacial score (nSPS) is 18.2. The van der Waals surface area contributed by atoms with Crippen molar-refractivity contribution in [3.8, 4) is 0 Å². The molecule has 0 N–H and O–H groups in total. The third-order valence-electron chi connectivity index (χ3n) is 2.34. The molecule has 98 valence electrons. The molecule has 0 unspecified atom stereocenters. The van der Waals surface area contributed by atoms with Crippen LogP contribution in [0.25, 0.3) is 0 Å². The van der Waals surface area contributed by atoms with Crippen LogP contribution >= 0.6 is 11.6 Å². The van der Waals surface area contributed by atoms with Crippen molar-refractivity contribution >= 4 is 27.5 Å². The number of hydrogen-bond donors (Lipinski definition) is 0. The second-order valence-electron chi connectivity index (χ2n) is 3.33. The van der Waals surface area contributed by atoms with Crippen LogP contribution in [0.1, 0.15) is 13.3 Å². The summed E-state index contributed by atoms with van der Waals surface area (Å²) in [7, 11) is -5.63. The number of alkyl halides is 4. The summed E-state index contributed by atoms with van der Waals surface area (Å²) in [5, 5.41) is 0. The summed E-state index contributed by atoms with van der Waals surface area (Å²) >= 11 is 5.46. The van der Waals surface area contributed by atoms with Crippen molar-refractivity contribution in [2.45, 2.75) is 18.9 Å². The second kappa shape index (κ2) is 4.49. The number of amides is 1. The number of rotatable bonds is 3. The molecule has 0 aromatic rings. The van der Waals surface area contributed by atoms with Gasteiger partial charge in [0, 0.05) is 11.5 Å². The van der Waals surface area contributed by atoms with Gasteiger partial charge in [0.1, 0.15) is 0 Å². The molecular formula is C8H9ClF3NO3S. The maximum atomic E-state index is 12.3. The van der Waals surface area contributed by atoms with E-state index in [-0.39, 0.29) is 27.8 Å². The summed E-state index contributed by atoms with van der Waals surface area (Å²) in [6, 6.07) is 0. The zero-order chi connectivity index (χ0) is 13.4. The average molecular weight is 292 g/mol. The standard InChI is InChI=1S/C8H9ClF3NO3S/c1-2-6-5(3-9)4-13(7(6)14)17(15,16)8(10,11)12/h2-4H2,1H3. The number of carbonyl (C=O) groups is 1. The molecule has 1 rings (SSSR count). The zero-order valence-electron chi connectivity index (χ0n) is 8.71. The van der Waals surface area contributed by atoms with Gasteiger partial charge in [-0.05, 0) is 12.0 Å². The Morgan fingerprint density at radius 1 is 1.41 bits per heavy atom. The Morgan fingerprint density at radius 3 is 2.24 bits per heavy atom. The van der Waals surface area contributed by atoms with Gasteiger partial charge in [-0.15, -0.1) is 11.6 Å². The molecule has 0 saturated carbocycles. The summed E-state index contributed by atoms with van der Waals surface area (Å²) in [5.74, 6) is -1.31. The van der Waals surface area contributed by atoms with Gasteiger partial charge in [0.05, 0.1) is 6.54 Å². The van der Waals surface area contributed by atoms with E-state index in [2.05, 4.69) is 0 Å². The summed E-state index contributed by atoms with van der Waals surface area (Å²) in [4.78, 5) is 11.5. The van der Waals surface area contributed by atoms with Crippen molar-refractivity contribution in [2.24, 2.45) is 0 Å². The number of nitrogens with zero attached hydrogens (tertiary/aromatic N) is 1. The molecule has 0 saturated heterocycles. The van der Waals surface area contributed by atoms with Crippen molar-refractivity contribution in [1.82, 2.24) is 4.31 Å². The SMILES string of the molecule is CCC1=C(CCl)CN(S(=O)(=O)C(F)(F)F)C1=O. The smallest absolute Gasteiger partial charge is 0.268 e. The fraction of sp³-hybridized carbons (Fsp3) is 0.625. The molecule has 0 aromatic heterocycles. The van der Waals surface area contributed by atoms with Crippen LogP contribution in [0.15, 0.2) is 11.1 Å². The van der Waals surface area contributed by atoms with Crippen LogP contribution in [0.3, 0.4) is 0 Å². The number of sulfonamides is 1. The van der Waals surface area contributed by atoms with Gasteiger partial charge in [0.2, 0.25) is 0 Å². The molecule has 0 spiro atoms. The van der Waals surface area contributed by atoms with E-state index in [9.17, 15) is 26.4 Å². The minimum atomic E-state index is -5.63. The molecule has 0 bridgehead atoms. The molecule has 1 aliphatic heterocycles. The molecule has 17 heavy (non-hydrogen) atoms. The first-order chi connectivity index (χ1) is 7.66. The first-order valence-corrected chi connectivity index (χ1v) is 6.54. The number of carbonyl (C=O) groups excluding carboxylic acids is 1. The van der Waals surface area contributed by atoms with Crippen LogP contribution in [0.5, 0.6) is 0 Å². The van der Waals surface area contributed by atoms with Crippen LogP contribution < -0.4 is 0 Å². The Balaban J connectivity index is 3.15. The lowest BCUT2D eigenvalue weighted by Gasteiger charge is -2.18. The van der Waals surface area contributed by atoms with Gasteiger partial charge in [-0.3, -0.25) is 4.79 Å². The predicted octanol–water partition coefficient (Wildman–Crippen LogP) is 1.62. The van der Waals surface area contributed by atoms with E-state index in [1.54, 1.807) is 6.92 Å².